The molecule has 0 radical (unpaired) electrons. The second-order valence-corrected chi connectivity index (χ2v) is 7.64. The molecule has 0 unspecified atom stereocenters. The fourth-order valence-corrected chi connectivity index (χ4v) is 4.37. The Labute approximate surface area is 159 Å². The van der Waals surface area contributed by atoms with Crippen molar-refractivity contribution in [2.45, 2.75) is 13.1 Å². The third kappa shape index (κ3) is 4.20. The predicted molar refractivity (Wildman–Crippen MR) is 93.8 cm³/mol. The summed E-state index contributed by atoms with van der Waals surface area (Å²) in [6, 6.07) is 16.1. The summed E-state index contributed by atoms with van der Waals surface area (Å²) in [6.45, 7) is 1.45. The predicted octanol–water partition coefficient (Wildman–Crippen LogP) is 2.12. The van der Waals surface area contributed by atoms with E-state index < -0.39 is 23.5 Å². The first-order valence-corrected chi connectivity index (χ1v) is 9.65. The van der Waals surface area contributed by atoms with Crippen molar-refractivity contribution in [3.63, 3.8) is 0 Å². The van der Waals surface area contributed by atoms with Crippen LogP contribution >= 0.6 is 0 Å². The van der Waals surface area contributed by atoms with E-state index in [-0.39, 0.29) is 27.3 Å². The van der Waals surface area contributed by atoms with Gasteiger partial charge in [0, 0.05) is 0 Å². The quantitative estimate of drug-likeness (QED) is 0.451. The van der Waals surface area contributed by atoms with Gasteiger partial charge in [0.25, 0.3) is 0 Å². The number of hydrogen-bond donors (Lipinski definition) is 0. The van der Waals surface area contributed by atoms with Gasteiger partial charge in [0.05, 0.1) is 0 Å². The zero-order valence-corrected chi connectivity index (χ0v) is 15.8. The Bertz CT molecular complexity index is 943. The Morgan fingerprint density at radius 3 is 2.44 bits per heavy atom. The molecule has 0 aliphatic rings. The van der Waals surface area contributed by atoms with E-state index in [0.29, 0.717) is 9.14 Å². The van der Waals surface area contributed by atoms with Crippen LogP contribution in [0.5, 0.6) is 0 Å². The van der Waals surface area contributed by atoms with Gasteiger partial charge in [-0.15, -0.1) is 0 Å². The summed E-state index contributed by atoms with van der Waals surface area (Å²) in [7, 11) is 0. The Morgan fingerprint density at radius 1 is 1.11 bits per heavy atom. The number of benzene rings is 2. The van der Waals surface area contributed by atoms with Crippen molar-refractivity contribution in [3.05, 3.63) is 66.0 Å². The molecule has 3 aromatic rings. The molecule has 3 rings (SSSR count). The summed E-state index contributed by atoms with van der Waals surface area (Å²) in [5.41, 5.74) is -1.85. The molecule has 0 bridgehead atoms. The van der Waals surface area contributed by atoms with Crippen LogP contribution in [-0.2, 0) is 10.9 Å². The Hall–Kier alpha value is -2.64. The van der Waals surface area contributed by atoms with Crippen LogP contribution in [0.1, 0.15) is 23.1 Å². The molecule has 0 saturated heterocycles. The number of hydrogen-bond acceptors (Lipinski definition) is 4. The van der Waals surface area contributed by atoms with Crippen molar-refractivity contribution >= 4 is 29.8 Å². The zero-order valence-electron chi connectivity index (χ0n) is 14.1. The van der Waals surface area contributed by atoms with Gasteiger partial charge in [0.2, 0.25) is 0 Å². The van der Waals surface area contributed by atoms with Crippen LogP contribution in [0.2, 0.25) is 0 Å². The van der Waals surface area contributed by atoms with E-state index in [1.165, 1.54) is 13.0 Å². The van der Waals surface area contributed by atoms with Gasteiger partial charge < -0.3 is 0 Å². The summed E-state index contributed by atoms with van der Waals surface area (Å²) >= 11 is -0.253. The number of nitrogens with zero attached hydrogens (tertiary/aromatic N) is 3. The summed E-state index contributed by atoms with van der Waals surface area (Å²) < 4.78 is 48.1. The monoisotopic (exact) mass is 441 g/mol. The van der Waals surface area contributed by atoms with E-state index in [1.54, 1.807) is 18.2 Å². The third-order valence-corrected chi connectivity index (χ3v) is 5.72. The molecule has 9 heteroatoms. The molecule has 1 heterocycles. The maximum absolute atomic E-state index is 13.7. The first-order valence-electron chi connectivity index (χ1n) is 7.94. The number of alkyl halides is 3. The van der Waals surface area contributed by atoms with Gasteiger partial charge in [-0.1, -0.05) is 0 Å². The summed E-state index contributed by atoms with van der Waals surface area (Å²) in [6.07, 6.45) is -4.82. The van der Waals surface area contributed by atoms with E-state index in [9.17, 15) is 18.0 Å². The van der Waals surface area contributed by atoms with Crippen molar-refractivity contribution in [2.75, 3.05) is 6.61 Å². The fourth-order valence-electron chi connectivity index (χ4n) is 2.38. The summed E-state index contributed by atoms with van der Waals surface area (Å²) in [5.74, 6) is -1.15. The van der Waals surface area contributed by atoms with Crippen molar-refractivity contribution < 1.29 is 22.7 Å². The minimum atomic E-state index is -4.82. The van der Waals surface area contributed by atoms with Gasteiger partial charge in [-0.3, -0.25) is 0 Å². The van der Waals surface area contributed by atoms with Crippen molar-refractivity contribution in [1.29, 1.82) is 0 Å². The topological polar surface area (TPSA) is 57.0 Å². The van der Waals surface area contributed by atoms with Gasteiger partial charge in [-0.2, -0.15) is 0 Å². The van der Waals surface area contributed by atoms with E-state index >= 15 is 0 Å². The number of halogens is 3. The van der Waals surface area contributed by atoms with Crippen LogP contribution < -0.4 is 8.92 Å². The number of carbonyl (C=O) groups excluding carboxylic acids is 1. The van der Waals surface area contributed by atoms with Crippen LogP contribution in [0.4, 0.5) is 13.2 Å². The van der Waals surface area contributed by atoms with E-state index in [4.69, 9.17) is 0 Å². The number of para-hydroxylation sites is 1. The van der Waals surface area contributed by atoms with E-state index in [1.807, 2.05) is 30.3 Å². The second-order valence-electron chi connectivity index (χ2n) is 5.30. The molecule has 0 aliphatic heterocycles. The summed E-state index contributed by atoms with van der Waals surface area (Å²) in [5, 5.41) is 7.07. The Balaban J connectivity index is 2.11. The Kier molecular flexibility index (Phi) is 5.62. The van der Waals surface area contributed by atoms with Crippen LogP contribution in [0.15, 0.2) is 54.6 Å². The molecule has 0 N–H and O–H groups in total. The molecule has 140 valence electrons. The average molecular weight is 440 g/mol. The van der Waals surface area contributed by atoms with Crippen LogP contribution in [0.3, 0.4) is 0 Å². The molecular weight excluding hydrogens is 426 g/mol. The van der Waals surface area contributed by atoms with Crippen LogP contribution in [0.25, 0.3) is 5.69 Å². The van der Waals surface area contributed by atoms with Crippen LogP contribution in [0, 0.1) is 0 Å². The van der Waals surface area contributed by atoms with Gasteiger partial charge in [0.15, 0.2) is 0 Å². The maximum atomic E-state index is 13.7. The molecule has 0 fully saturated rings. The summed E-state index contributed by atoms with van der Waals surface area (Å²) in [4.78, 5) is 11.9. The minimum absolute atomic E-state index is 0.0588. The standard InChI is InChI=1S/C18H14F3N3O2Se/c1-2-26-17(25)15-16(18(19,20)21)24(23-22-15)13-10-6-7-11-14(13)27-12-8-4-3-5-9-12/h3-11H,2H2,1H3. The molecule has 27 heavy (non-hydrogen) atoms. The fraction of sp³-hybridized carbons (Fsp3) is 0.167. The molecule has 0 amide bonds. The van der Waals surface area contributed by atoms with Gasteiger partial charge in [-0.05, 0) is 0 Å². The SMILES string of the molecule is CCOC(=O)c1nnn(-c2ccccc2[Se]c2ccccc2)c1C(F)(F)F. The van der Waals surface area contributed by atoms with E-state index in [2.05, 4.69) is 15.0 Å². The molecule has 0 atom stereocenters. The number of aromatic nitrogens is 3. The first kappa shape index (κ1) is 19.1. The van der Waals surface area contributed by atoms with Gasteiger partial charge >= 0.3 is 159 Å². The third-order valence-electron chi connectivity index (χ3n) is 3.47. The van der Waals surface area contributed by atoms with Crippen molar-refractivity contribution in [2.24, 2.45) is 0 Å². The zero-order chi connectivity index (χ0) is 19.4. The van der Waals surface area contributed by atoms with Gasteiger partial charge in [0.1, 0.15) is 0 Å². The number of ether oxygens (including phenoxy) is 1. The van der Waals surface area contributed by atoms with Crippen molar-refractivity contribution in [3.8, 4) is 5.69 Å². The average Bonchev–Trinajstić information content (AvgIpc) is 3.09. The number of carbonyl (C=O) groups is 1. The first-order chi connectivity index (χ1) is 12.9. The van der Waals surface area contributed by atoms with Crippen molar-refractivity contribution in [1.82, 2.24) is 15.0 Å². The second kappa shape index (κ2) is 7.94. The molecular formula is C18H14F3N3O2Se. The number of esters is 1. The Morgan fingerprint density at radius 2 is 1.78 bits per heavy atom. The normalized spacial score (nSPS) is 11.4. The molecule has 0 saturated carbocycles. The number of rotatable bonds is 5. The van der Waals surface area contributed by atoms with E-state index in [0.717, 1.165) is 4.46 Å². The van der Waals surface area contributed by atoms with Gasteiger partial charge in [-0.25, -0.2) is 0 Å². The molecule has 1 aromatic heterocycles. The molecule has 0 aliphatic carbocycles. The molecule has 0 spiro atoms. The van der Waals surface area contributed by atoms with Crippen LogP contribution in [-0.4, -0.2) is 42.5 Å². The molecule has 5 nitrogen and oxygen atoms in total. The molecule has 2 aromatic carbocycles.